The van der Waals surface area contributed by atoms with Crippen LogP contribution in [-0.2, 0) is 6.54 Å². The number of imidazole rings is 1. The van der Waals surface area contributed by atoms with Crippen LogP contribution in [-0.4, -0.2) is 4.57 Å². The van der Waals surface area contributed by atoms with E-state index in [9.17, 15) is 0 Å². The van der Waals surface area contributed by atoms with Crippen LogP contribution in [0.1, 0.15) is 19.2 Å². The first-order valence-corrected chi connectivity index (χ1v) is 5.45. The van der Waals surface area contributed by atoms with Crippen LogP contribution < -0.4 is 4.57 Å². The highest BCUT2D eigenvalue weighted by Gasteiger charge is 2.12. The Morgan fingerprint density at radius 1 is 1.20 bits per heavy atom. The van der Waals surface area contributed by atoms with Crippen molar-refractivity contribution in [3.05, 3.63) is 48.5 Å². The lowest BCUT2D eigenvalue weighted by atomic mass is 10.3. The number of hydrogen-bond donors (Lipinski definition) is 0. The molecular weight excluding hydrogens is 184 g/mol. The molecule has 0 spiro atoms. The van der Waals surface area contributed by atoms with Gasteiger partial charge in [0, 0.05) is 6.92 Å². The van der Waals surface area contributed by atoms with Gasteiger partial charge in [-0.2, -0.15) is 0 Å². The minimum Gasteiger partial charge on any atom is -0.234 e. The minimum absolute atomic E-state index is 1.09. The standard InChI is InChI=1S/C13H17N2/c1-3-9-14-10-11-15(12(14)2)13-7-5-4-6-8-13/h4-8,10-11H,3,9H2,1-2H3/q+1. The second-order valence-electron chi connectivity index (χ2n) is 3.74. The van der Waals surface area contributed by atoms with Crippen molar-refractivity contribution >= 4 is 0 Å². The third-order valence-electron chi connectivity index (χ3n) is 2.66. The summed E-state index contributed by atoms with van der Waals surface area (Å²) in [6.07, 6.45) is 5.44. The molecule has 0 fully saturated rings. The van der Waals surface area contributed by atoms with Crippen LogP contribution in [0.15, 0.2) is 42.7 Å². The van der Waals surface area contributed by atoms with E-state index in [1.165, 1.54) is 17.9 Å². The molecule has 0 saturated carbocycles. The molecule has 2 rings (SSSR count). The summed E-state index contributed by atoms with van der Waals surface area (Å²) >= 11 is 0. The highest BCUT2D eigenvalue weighted by molar-refractivity contribution is 5.31. The molecular formula is C13H17N2+. The first-order chi connectivity index (χ1) is 7.33. The zero-order valence-electron chi connectivity index (χ0n) is 9.35. The fourth-order valence-electron chi connectivity index (χ4n) is 1.84. The first-order valence-electron chi connectivity index (χ1n) is 5.45. The highest BCUT2D eigenvalue weighted by atomic mass is 15.1. The van der Waals surface area contributed by atoms with Crippen molar-refractivity contribution in [3.8, 4) is 5.69 Å². The van der Waals surface area contributed by atoms with Crippen molar-refractivity contribution in [2.24, 2.45) is 0 Å². The fourth-order valence-corrected chi connectivity index (χ4v) is 1.84. The lowest BCUT2D eigenvalue weighted by molar-refractivity contribution is -0.702. The third-order valence-corrected chi connectivity index (χ3v) is 2.66. The van der Waals surface area contributed by atoms with Crippen LogP contribution in [0, 0.1) is 6.92 Å². The molecule has 0 aliphatic carbocycles. The van der Waals surface area contributed by atoms with E-state index in [1.54, 1.807) is 0 Å². The van der Waals surface area contributed by atoms with Crippen molar-refractivity contribution in [1.82, 2.24) is 4.57 Å². The molecule has 2 heteroatoms. The van der Waals surface area contributed by atoms with Crippen molar-refractivity contribution in [1.29, 1.82) is 0 Å². The summed E-state index contributed by atoms with van der Waals surface area (Å²) in [6.45, 7) is 5.45. The largest absolute Gasteiger partial charge is 0.258 e. The quantitative estimate of drug-likeness (QED) is 0.675. The van der Waals surface area contributed by atoms with E-state index in [4.69, 9.17) is 0 Å². The van der Waals surface area contributed by atoms with Gasteiger partial charge in [0.1, 0.15) is 18.1 Å². The maximum atomic E-state index is 2.28. The molecule has 1 aromatic heterocycles. The number of benzene rings is 1. The molecule has 0 saturated heterocycles. The maximum Gasteiger partial charge on any atom is 0.258 e. The number of rotatable bonds is 3. The van der Waals surface area contributed by atoms with E-state index in [2.05, 4.69) is 59.6 Å². The Morgan fingerprint density at radius 3 is 2.60 bits per heavy atom. The van der Waals surface area contributed by atoms with Gasteiger partial charge in [0.15, 0.2) is 0 Å². The van der Waals surface area contributed by atoms with Crippen LogP contribution >= 0.6 is 0 Å². The molecule has 1 heterocycles. The summed E-state index contributed by atoms with van der Waals surface area (Å²) in [6, 6.07) is 10.4. The van der Waals surface area contributed by atoms with E-state index in [0.717, 1.165) is 6.54 Å². The van der Waals surface area contributed by atoms with Gasteiger partial charge in [-0.1, -0.05) is 25.1 Å². The molecule has 0 radical (unpaired) electrons. The molecule has 2 nitrogen and oxygen atoms in total. The lowest BCUT2D eigenvalue weighted by Gasteiger charge is -1.99. The second kappa shape index (κ2) is 4.30. The number of hydrogen-bond acceptors (Lipinski definition) is 0. The predicted molar refractivity (Wildman–Crippen MR) is 61.0 cm³/mol. The van der Waals surface area contributed by atoms with Crippen LogP contribution in [0.2, 0.25) is 0 Å². The van der Waals surface area contributed by atoms with Gasteiger partial charge in [0.25, 0.3) is 5.82 Å². The number of aryl methyl sites for hydroxylation is 1. The SMILES string of the molecule is CCC[n+]1ccn(-c2ccccc2)c1C. The van der Waals surface area contributed by atoms with Gasteiger partial charge in [-0.05, 0) is 18.6 Å². The van der Waals surface area contributed by atoms with Gasteiger partial charge >= 0.3 is 0 Å². The monoisotopic (exact) mass is 201 g/mol. The first kappa shape index (κ1) is 9.97. The van der Waals surface area contributed by atoms with Gasteiger partial charge in [-0.25, -0.2) is 9.13 Å². The summed E-state index contributed by atoms with van der Waals surface area (Å²) in [5.74, 6) is 1.28. The molecule has 1 aromatic carbocycles. The molecule has 0 aliphatic heterocycles. The molecule has 2 aromatic rings. The predicted octanol–water partition coefficient (Wildman–Crippen LogP) is 2.48. The summed E-state index contributed by atoms with van der Waals surface area (Å²) in [5, 5.41) is 0. The Kier molecular flexibility index (Phi) is 2.86. The molecule has 0 bridgehead atoms. The zero-order valence-corrected chi connectivity index (χ0v) is 9.35. The van der Waals surface area contributed by atoms with Crippen LogP contribution in [0.4, 0.5) is 0 Å². The minimum atomic E-state index is 1.09. The van der Waals surface area contributed by atoms with Crippen LogP contribution in [0.3, 0.4) is 0 Å². The fraction of sp³-hybridized carbons (Fsp3) is 0.308. The van der Waals surface area contributed by atoms with Gasteiger partial charge in [-0.3, -0.25) is 0 Å². The second-order valence-corrected chi connectivity index (χ2v) is 3.74. The van der Waals surface area contributed by atoms with E-state index in [1.807, 2.05) is 6.07 Å². The van der Waals surface area contributed by atoms with Crippen molar-refractivity contribution in [2.75, 3.05) is 0 Å². The molecule has 0 atom stereocenters. The maximum absolute atomic E-state index is 2.28. The van der Waals surface area contributed by atoms with Gasteiger partial charge < -0.3 is 0 Å². The van der Waals surface area contributed by atoms with E-state index in [-0.39, 0.29) is 0 Å². The topological polar surface area (TPSA) is 8.81 Å². The van der Waals surface area contributed by atoms with E-state index in [0.29, 0.717) is 0 Å². The average Bonchev–Trinajstić information content (AvgIpc) is 2.63. The van der Waals surface area contributed by atoms with E-state index < -0.39 is 0 Å². The smallest absolute Gasteiger partial charge is 0.234 e. The molecule has 0 N–H and O–H groups in total. The summed E-state index contributed by atoms with van der Waals surface area (Å²) in [4.78, 5) is 0. The summed E-state index contributed by atoms with van der Waals surface area (Å²) < 4.78 is 4.50. The Labute approximate surface area is 90.8 Å². The number of aromatic nitrogens is 2. The number of nitrogens with zero attached hydrogens (tertiary/aromatic N) is 2. The summed E-state index contributed by atoms with van der Waals surface area (Å²) in [5.41, 5.74) is 1.23. The third kappa shape index (κ3) is 1.94. The van der Waals surface area contributed by atoms with Gasteiger partial charge in [0.2, 0.25) is 0 Å². The normalized spacial score (nSPS) is 10.5. The molecule has 78 valence electrons. The number of para-hydroxylation sites is 1. The average molecular weight is 201 g/mol. The highest BCUT2D eigenvalue weighted by Crippen LogP contribution is 2.08. The Balaban J connectivity index is 2.38. The van der Waals surface area contributed by atoms with Crippen molar-refractivity contribution in [3.63, 3.8) is 0 Å². The van der Waals surface area contributed by atoms with Gasteiger partial charge in [0.05, 0.1) is 6.54 Å². The van der Waals surface area contributed by atoms with Gasteiger partial charge in [-0.15, -0.1) is 0 Å². The summed E-state index contributed by atoms with van der Waals surface area (Å²) in [7, 11) is 0. The van der Waals surface area contributed by atoms with Crippen LogP contribution in [0.25, 0.3) is 5.69 Å². The molecule has 0 aliphatic rings. The Morgan fingerprint density at radius 2 is 1.93 bits per heavy atom. The molecule has 15 heavy (non-hydrogen) atoms. The molecule has 0 amide bonds. The van der Waals surface area contributed by atoms with Crippen LogP contribution in [0.5, 0.6) is 0 Å². The van der Waals surface area contributed by atoms with Crippen molar-refractivity contribution < 1.29 is 4.57 Å². The zero-order chi connectivity index (χ0) is 10.7. The lowest BCUT2D eigenvalue weighted by Crippen LogP contribution is -2.34. The molecule has 0 unspecified atom stereocenters. The Hall–Kier alpha value is -1.57. The van der Waals surface area contributed by atoms with E-state index >= 15 is 0 Å². The Bertz CT molecular complexity index is 429. The van der Waals surface area contributed by atoms with Crippen molar-refractivity contribution in [2.45, 2.75) is 26.8 Å².